The number of alkyl halides is 6. The van der Waals surface area contributed by atoms with Crippen molar-refractivity contribution < 1.29 is 45.3 Å². The summed E-state index contributed by atoms with van der Waals surface area (Å²) < 4.78 is 115. The topological polar surface area (TPSA) is 108 Å². The maximum absolute atomic E-state index is 15.1. The Kier molecular flexibility index (Phi) is 12.8. The maximum atomic E-state index is 15.1. The van der Waals surface area contributed by atoms with Crippen LogP contribution >= 0.6 is 0 Å². The minimum atomic E-state index is -5.88. The second kappa shape index (κ2) is 19.6. The third-order valence-corrected chi connectivity index (χ3v) is 13.7. The monoisotopic (exact) mass is 1020 g/mol. The first kappa shape index (κ1) is 49.8. The number of ether oxygens (including phenoxy) is 4. The van der Waals surface area contributed by atoms with E-state index in [1.807, 2.05) is 85.8 Å². The molecule has 0 amide bonds. The SMILES string of the molecule is Cc1cccc(Oc2ccc(C3(c4ccc(Oc5cccc(Oc6ccc(C(c7ccc(Oc8cccc(C)c8C#N)cc7)(C(F)(F)F)C(F)(F)F)cc6)c5C#N)cc4)c4ccccc4-c4ccccc43)cc2)c1C#N. The Morgan fingerprint density at radius 2 is 0.658 bits per heavy atom. The molecule has 0 N–H and O–H groups in total. The van der Waals surface area contributed by atoms with E-state index in [-0.39, 0.29) is 39.9 Å². The van der Waals surface area contributed by atoms with Gasteiger partial charge in [0.15, 0.2) is 0 Å². The molecule has 1 aliphatic carbocycles. The molecule has 0 aliphatic heterocycles. The molecule has 372 valence electrons. The number of rotatable bonds is 12. The predicted molar refractivity (Wildman–Crippen MR) is 273 cm³/mol. The molecule has 0 saturated heterocycles. The largest absolute Gasteiger partial charge is 0.456 e. The minimum absolute atomic E-state index is 0.0668. The van der Waals surface area contributed by atoms with Crippen molar-refractivity contribution >= 4 is 0 Å². The second-order valence-corrected chi connectivity index (χ2v) is 18.0. The molecule has 1 aliphatic rings. The van der Waals surface area contributed by atoms with Crippen LogP contribution in [0.1, 0.15) is 61.2 Å². The van der Waals surface area contributed by atoms with Crippen LogP contribution in [0.3, 0.4) is 0 Å². The molecule has 0 unspecified atom stereocenters. The van der Waals surface area contributed by atoms with E-state index in [0.29, 0.717) is 52.6 Å². The molecule has 0 bridgehead atoms. The highest BCUT2D eigenvalue weighted by molar-refractivity contribution is 5.86. The molecule has 0 heterocycles. The Morgan fingerprint density at radius 3 is 0.987 bits per heavy atom. The number of aryl methyl sites for hydroxylation is 2. The minimum Gasteiger partial charge on any atom is -0.456 e. The van der Waals surface area contributed by atoms with Gasteiger partial charge in [-0.05, 0) is 142 Å². The first-order valence-electron chi connectivity index (χ1n) is 23.6. The van der Waals surface area contributed by atoms with Crippen molar-refractivity contribution in [3.63, 3.8) is 0 Å². The van der Waals surface area contributed by atoms with Gasteiger partial charge in [0.25, 0.3) is 0 Å². The zero-order chi connectivity index (χ0) is 53.4. The highest BCUT2D eigenvalue weighted by Gasteiger charge is 2.72. The Morgan fingerprint density at radius 1 is 0.355 bits per heavy atom. The van der Waals surface area contributed by atoms with Crippen molar-refractivity contribution in [3.8, 4) is 75.3 Å². The van der Waals surface area contributed by atoms with Gasteiger partial charge < -0.3 is 18.9 Å². The average molecular weight is 1020 g/mol. The van der Waals surface area contributed by atoms with Crippen LogP contribution in [0.25, 0.3) is 11.1 Å². The van der Waals surface area contributed by atoms with Gasteiger partial charge in [0.1, 0.15) is 69.8 Å². The average Bonchev–Trinajstić information content (AvgIpc) is 3.76. The van der Waals surface area contributed by atoms with E-state index in [0.717, 1.165) is 63.2 Å². The van der Waals surface area contributed by atoms with Crippen molar-refractivity contribution in [2.75, 3.05) is 0 Å². The molecule has 13 heteroatoms. The van der Waals surface area contributed by atoms with E-state index in [1.165, 1.54) is 24.3 Å². The van der Waals surface area contributed by atoms with E-state index < -0.39 is 34.3 Å². The van der Waals surface area contributed by atoms with Crippen LogP contribution in [0.2, 0.25) is 0 Å². The van der Waals surface area contributed by atoms with Gasteiger partial charge in [-0.2, -0.15) is 42.1 Å². The van der Waals surface area contributed by atoms with E-state index in [4.69, 9.17) is 18.9 Å². The molecular weight excluding hydrogens is 977 g/mol. The first-order chi connectivity index (χ1) is 36.6. The van der Waals surface area contributed by atoms with Gasteiger partial charge in [-0.3, -0.25) is 0 Å². The number of halogens is 6. The Balaban J connectivity index is 0.935. The number of hydrogen-bond acceptors (Lipinski definition) is 7. The second-order valence-electron chi connectivity index (χ2n) is 18.0. The fraction of sp³-hybridized carbons (Fsp3) is 0.0952. The maximum Gasteiger partial charge on any atom is 0.411 e. The molecular formula is C63H39F6N3O4. The summed E-state index contributed by atoms with van der Waals surface area (Å²) >= 11 is 0. The van der Waals surface area contributed by atoms with Crippen LogP contribution in [0.4, 0.5) is 26.3 Å². The molecule has 0 radical (unpaired) electrons. The summed E-state index contributed by atoms with van der Waals surface area (Å²) in [5.41, 5.74) is 0.423. The van der Waals surface area contributed by atoms with Crippen LogP contribution < -0.4 is 18.9 Å². The molecule has 0 aromatic heterocycles. The van der Waals surface area contributed by atoms with E-state index in [9.17, 15) is 15.8 Å². The van der Waals surface area contributed by atoms with E-state index in [2.05, 4.69) is 36.4 Å². The molecule has 7 nitrogen and oxygen atoms in total. The molecule has 76 heavy (non-hydrogen) atoms. The standard InChI is InChI=1S/C63H39F6N3O4/c1-39-10-7-16-56(51(39)36-70)73-45-28-20-41(21-29-45)60(54-14-5-3-12-49(54)50-13-4-6-15-55(50)60)42-22-30-46(31-23-42)75-58-18-9-19-59(53(58)38-72)76-48-34-26-44(27-35-48)61(62(64,65)66,63(67,68)69)43-24-32-47(33-25-43)74-57-17-8-11-40(2)52(57)37-71/h3-35H,1-2H3. The number of nitriles is 3. The van der Waals surface area contributed by atoms with Gasteiger partial charge in [-0.25, -0.2) is 0 Å². The van der Waals surface area contributed by atoms with Crippen LogP contribution in [0.15, 0.2) is 200 Å². The molecule has 0 fully saturated rings. The van der Waals surface area contributed by atoms with Gasteiger partial charge in [0.05, 0.1) is 16.5 Å². The molecule has 0 spiro atoms. The number of fused-ring (bicyclic) bond motifs is 3. The van der Waals surface area contributed by atoms with Crippen LogP contribution in [0, 0.1) is 47.8 Å². The van der Waals surface area contributed by atoms with Crippen molar-refractivity contribution in [3.05, 3.63) is 261 Å². The van der Waals surface area contributed by atoms with Gasteiger partial charge >= 0.3 is 12.4 Å². The van der Waals surface area contributed by atoms with Gasteiger partial charge in [0, 0.05) is 0 Å². The molecule has 9 aromatic carbocycles. The summed E-state index contributed by atoms with van der Waals surface area (Å²) in [6, 6.07) is 59.2. The smallest absolute Gasteiger partial charge is 0.411 e. The van der Waals surface area contributed by atoms with Gasteiger partial charge in [0.2, 0.25) is 5.41 Å². The Bertz CT molecular complexity index is 3740. The lowest BCUT2D eigenvalue weighted by atomic mass is 9.68. The van der Waals surface area contributed by atoms with Crippen molar-refractivity contribution in [1.29, 1.82) is 15.8 Å². The van der Waals surface area contributed by atoms with Crippen molar-refractivity contribution in [2.45, 2.75) is 37.0 Å². The molecule has 9 aromatic rings. The third-order valence-electron chi connectivity index (χ3n) is 13.7. The summed E-state index contributed by atoms with van der Waals surface area (Å²) in [6.07, 6.45) is -11.8. The van der Waals surface area contributed by atoms with Crippen molar-refractivity contribution in [2.24, 2.45) is 0 Å². The molecule has 10 rings (SSSR count). The number of benzene rings is 9. The predicted octanol–water partition coefficient (Wildman–Crippen LogP) is 16.9. The Hall–Kier alpha value is -9.77. The Labute approximate surface area is 433 Å². The summed E-state index contributed by atoms with van der Waals surface area (Å²) in [7, 11) is 0. The fourth-order valence-electron chi connectivity index (χ4n) is 10.1. The zero-order valence-corrected chi connectivity index (χ0v) is 40.3. The van der Waals surface area contributed by atoms with Gasteiger partial charge in [-0.1, -0.05) is 127 Å². The number of hydrogen-bond donors (Lipinski definition) is 0. The van der Waals surface area contributed by atoms with Crippen LogP contribution in [0.5, 0.6) is 46.0 Å². The highest BCUT2D eigenvalue weighted by atomic mass is 19.4. The highest BCUT2D eigenvalue weighted by Crippen LogP contribution is 2.58. The molecule has 0 saturated carbocycles. The lowest BCUT2D eigenvalue weighted by molar-refractivity contribution is -0.288. The van der Waals surface area contributed by atoms with E-state index in [1.54, 1.807) is 37.3 Å². The lowest BCUT2D eigenvalue weighted by Gasteiger charge is -2.38. The third kappa shape index (κ3) is 8.46. The quantitative estimate of drug-likeness (QED) is 0.112. The zero-order valence-electron chi connectivity index (χ0n) is 40.3. The summed E-state index contributed by atoms with van der Waals surface area (Å²) in [6.45, 7) is 3.51. The van der Waals surface area contributed by atoms with Crippen molar-refractivity contribution in [1.82, 2.24) is 0 Å². The fourth-order valence-corrected chi connectivity index (χ4v) is 10.1. The normalized spacial score (nSPS) is 12.5. The number of nitrogens with zero attached hydrogens (tertiary/aromatic N) is 3. The first-order valence-corrected chi connectivity index (χ1v) is 23.6. The summed E-state index contributed by atoms with van der Waals surface area (Å²) in [5.74, 6) is 1.21. The van der Waals surface area contributed by atoms with Crippen LogP contribution in [-0.4, -0.2) is 12.4 Å². The van der Waals surface area contributed by atoms with E-state index >= 15 is 26.3 Å². The lowest BCUT2D eigenvalue weighted by Crippen LogP contribution is -2.54. The summed E-state index contributed by atoms with van der Waals surface area (Å²) in [5, 5.41) is 29.8. The molecule has 0 atom stereocenters. The van der Waals surface area contributed by atoms with Crippen LogP contribution in [-0.2, 0) is 10.8 Å². The van der Waals surface area contributed by atoms with Gasteiger partial charge in [-0.15, -0.1) is 0 Å². The summed E-state index contributed by atoms with van der Waals surface area (Å²) in [4.78, 5) is 0.